The highest BCUT2D eigenvalue weighted by Crippen LogP contribution is 2.36. The van der Waals surface area contributed by atoms with Crippen LogP contribution in [0.4, 0.5) is 5.69 Å². The van der Waals surface area contributed by atoms with E-state index in [0.29, 0.717) is 0 Å². The first kappa shape index (κ1) is 9.44. The first-order valence-corrected chi connectivity index (χ1v) is 5.55. The molecule has 0 atom stereocenters. The highest BCUT2D eigenvalue weighted by molar-refractivity contribution is 5.77. The van der Waals surface area contributed by atoms with E-state index in [1.165, 1.54) is 11.3 Å². The van der Waals surface area contributed by atoms with Gasteiger partial charge >= 0.3 is 0 Å². The monoisotopic (exact) mass is 210 g/mol. The maximum absolute atomic E-state index is 4.52. The summed E-state index contributed by atoms with van der Waals surface area (Å²) in [5, 5.41) is 3.44. The predicted molar refractivity (Wildman–Crippen MR) is 66.4 cm³/mol. The molecule has 1 aromatic rings. The Labute approximate surface area is 95.4 Å². The summed E-state index contributed by atoms with van der Waals surface area (Å²) in [7, 11) is 0. The van der Waals surface area contributed by atoms with E-state index in [1.54, 1.807) is 0 Å². The van der Waals surface area contributed by atoms with Crippen LogP contribution in [0.5, 0.6) is 0 Å². The Balaban J connectivity index is 2.08. The van der Waals surface area contributed by atoms with Gasteiger partial charge in [0.1, 0.15) is 0 Å². The smallest absolute Gasteiger partial charge is 0.0800 e. The second kappa shape index (κ2) is 3.10. The first-order valence-electron chi connectivity index (χ1n) is 5.55. The lowest BCUT2D eigenvalue weighted by Crippen LogP contribution is -2.19. The number of rotatable bonds is 1. The van der Waals surface area contributed by atoms with Gasteiger partial charge in [-0.3, -0.25) is 4.98 Å². The van der Waals surface area contributed by atoms with Gasteiger partial charge in [-0.1, -0.05) is 19.9 Å². The number of pyridine rings is 1. The average Bonchev–Trinajstić information content (AvgIpc) is 2.87. The molecule has 16 heavy (non-hydrogen) atoms. The number of fused-ring (bicyclic) bond motifs is 1. The molecular formula is C14H14N2. The Morgan fingerprint density at radius 2 is 2.31 bits per heavy atom. The second-order valence-electron chi connectivity index (χ2n) is 4.94. The molecule has 0 saturated heterocycles. The van der Waals surface area contributed by atoms with Crippen molar-refractivity contribution in [1.29, 1.82) is 0 Å². The van der Waals surface area contributed by atoms with Crippen molar-refractivity contribution in [1.82, 2.24) is 4.98 Å². The fourth-order valence-corrected chi connectivity index (χ4v) is 2.19. The van der Waals surface area contributed by atoms with Crippen LogP contribution in [0.3, 0.4) is 0 Å². The van der Waals surface area contributed by atoms with E-state index in [1.807, 2.05) is 24.4 Å². The van der Waals surface area contributed by atoms with E-state index >= 15 is 0 Å². The minimum atomic E-state index is 0.191. The molecule has 2 aliphatic rings. The van der Waals surface area contributed by atoms with Crippen molar-refractivity contribution in [3.63, 3.8) is 0 Å². The van der Waals surface area contributed by atoms with Crippen molar-refractivity contribution in [3.8, 4) is 0 Å². The van der Waals surface area contributed by atoms with E-state index < -0.39 is 0 Å². The van der Waals surface area contributed by atoms with Gasteiger partial charge in [-0.25, -0.2) is 0 Å². The molecule has 0 aromatic carbocycles. The van der Waals surface area contributed by atoms with E-state index in [2.05, 4.69) is 35.9 Å². The quantitative estimate of drug-likeness (QED) is 0.721. The van der Waals surface area contributed by atoms with Gasteiger partial charge in [-0.2, -0.15) is 0 Å². The van der Waals surface area contributed by atoms with Crippen molar-refractivity contribution >= 4 is 11.3 Å². The summed E-state index contributed by atoms with van der Waals surface area (Å²) >= 11 is 0. The summed E-state index contributed by atoms with van der Waals surface area (Å²) in [6, 6.07) is 2.12. The molecule has 2 heterocycles. The molecular weight excluding hydrogens is 196 g/mol. The lowest BCUT2D eigenvalue weighted by molar-refractivity contribution is 0.584. The largest absolute Gasteiger partial charge is 0.384 e. The average molecular weight is 210 g/mol. The molecule has 0 radical (unpaired) electrons. The van der Waals surface area contributed by atoms with Gasteiger partial charge in [-0.05, 0) is 18.2 Å². The summed E-state index contributed by atoms with van der Waals surface area (Å²) in [5.74, 6) is 0. The standard InChI is InChI=1S/C14H14N2/c1-14(2)9-16-13-7-12(15-8-11(13)14)10-5-3-4-6-10/h3-5,7-8,16H,9H2,1-2H3. The van der Waals surface area contributed by atoms with Gasteiger partial charge in [0.15, 0.2) is 0 Å². The third kappa shape index (κ3) is 1.31. The maximum Gasteiger partial charge on any atom is 0.0800 e. The molecule has 2 nitrogen and oxygen atoms in total. The van der Waals surface area contributed by atoms with Crippen LogP contribution in [0.2, 0.25) is 0 Å². The van der Waals surface area contributed by atoms with Crippen molar-refractivity contribution in [2.75, 3.05) is 11.9 Å². The predicted octanol–water partition coefficient (Wildman–Crippen LogP) is 2.89. The van der Waals surface area contributed by atoms with E-state index in [-0.39, 0.29) is 5.41 Å². The number of nitrogens with zero attached hydrogens (tertiary/aromatic N) is 1. The Morgan fingerprint density at radius 3 is 3.06 bits per heavy atom. The third-order valence-electron chi connectivity index (χ3n) is 3.23. The van der Waals surface area contributed by atoms with Crippen LogP contribution < -0.4 is 5.32 Å². The van der Waals surface area contributed by atoms with Crippen LogP contribution in [0, 0.1) is 0 Å². The Bertz CT molecular complexity index is 544. The minimum Gasteiger partial charge on any atom is -0.384 e. The summed E-state index contributed by atoms with van der Waals surface area (Å²) in [4.78, 5) is 4.52. The Kier molecular flexibility index (Phi) is 1.83. The molecule has 1 aromatic heterocycles. The van der Waals surface area contributed by atoms with Crippen molar-refractivity contribution in [3.05, 3.63) is 47.5 Å². The van der Waals surface area contributed by atoms with Crippen molar-refractivity contribution in [2.24, 2.45) is 0 Å². The van der Waals surface area contributed by atoms with Crippen LogP contribution in [0.1, 0.15) is 25.1 Å². The number of nitrogens with one attached hydrogen (secondary N) is 1. The zero-order valence-corrected chi connectivity index (χ0v) is 9.54. The SMILES string of the molecule is CC1(C)CNc2cc(C3=C=CC=C3)ncc21. The third-order valence-corrected chi connectivity index (χ3v) is 3.23. The summed E-state index contributed by atoms with van der Waals surface area (Å²) < 4.78 is 0. The summed E-state index contributed by atoms with van der Waals surface area (Å²) in [6.07, 6.45) is 7.93. The lowest BCUT2D eigenvalue weighted by atomic mass is 9.88. The topological polar surface area (TPSA) is 24.9 Å². The van der Waals surface area contributed by atoms with Crippen LogP contribution in [-0.4, -0.2) is 11.5 Å². The van der Waals surface area contributed by atoms with Gasteiger partial charge < -0.3 is 5.32 Å². The summed E-state index contributed by atoms with van der Waals surface area (Å²) in [6.45, 7) is 5.46. The zero-order chi connectivity index (χ0) is 11.2. The molecule has 0 amide bonds. The molecule has 0 spiro atoms. The molecule has 1 aliphatic heterocycles. The van der Waals surface area contributed by atoms with Crippen LogP contribution in [0.15, 0.2) is 36.2 Å². The van der Waals surface area contributed by atoms with Crippen molar-refractivity contribution in [2.45, 2.75) is 19.3 Å². The van der Waals surface area contributed by atoms with E-state index in [4.69, 9.17) is 0 Å². The second-order valence-corrected chi connectivity index (χ2v) is 4.94. The number of anilines is 1. The molecule has 3 rings (SSSR count). The van der Waals surface area contributed by atoms with E-state index in [9.17, 15) is 0 Å². The first-order chi connectivity index (χ1) is 7.67. The van der Waals surface area contributed by atoms with Crippen LogP contribution in [0.25, 0.3) is 5.57 Å². The highest BCUT2D eigenvalue weighted by atomic mass is 14.9. The molecule has 0 unspecified atom stereocenters. The minimum absolute atomic E-state index is 0.191. The zero-order valence-electron chi connectivity index (χ0n) is 9.54. The number of hydrogen-bond acceptors (Lipinski definition) is 2. The van der Waals surface area contributed by atoms with Gasteiger partial charge in [0.25, 0.3) is 0 Å². The molecule has 1 N–H and O–H groups in total. The lowest BCUT2D eigenvalue weighted by Gasteiger charge is -2.16. The molecule has 0 fully saturated rings. The van der Waals surface area contributed by atoms with Gasteiger partial charge in [0.05, 0.1) is 5.69 Å². The van der Waals surface area contributed by atoms with Crippen molar-refractivity contribution < 1.29 is 0 Å². The summed E-state index contributed by atoms with van der Waals surface area (Å²) in [5.41, 5.74) is 7.95. The molecule has 2 heteroatoms. The van der Waals surface area contributed by atoms with Crippen LogP contribution >= 0.6 is 0 Å². The van der Waals surface area contributed by atoms with Gasteiger partial charge in [0, 0.05) is 35.0 Å². The fourth-order valence-electron chi connectivity index (χ4n) is 2.19. The van der Waals surface area contributed by atoms with Gasteiger partial charge in [-0.15, -0.1) is 5.73 Å². The highest BCUT2D eigenvalue weighted by Gasteiger charge is 2.30. The number of aromatic nitrogens is 1. The maximum atomic E-state index is 4.52. The molecule has 80 valence electrons. The number of hydrogen-bond donors (Lipinski definition) is 1. The van der Waals surface area contributed by atoms with Crippen LogP contribution in [-0.2, 0) is 5.41 Å². The normalized spacial score (nSPS) is 19.5. The Hall–Kier alpha value is -1.79. The molecule has 0 saturated carbocycles. The molecule has 1 aliphatic carbocycles. The Morgan fingerprint density at radius 1 is 1.44 bits per heavy atom. The molecule has 0 bridgehead atoms. The van der Waals surface area contributed by atoms with Gasteiger partial charge in [0.2, 0.25) is 0 Å². The van der Waals surface area contributed by atoms with E-state index in [0.717, 1.165) is 17.8 Å². The fraction of sp³-hybridized carbons (Fsp3) is 0.286. The number of allylic oxidation sites excluding steroid dienone is 3.